The number of thioether (sulfide) groups is 1. The van der Waals surface area contributed by atoms with E-state index < -0.39 is 53.9 Å². The second-order valence-corrected chi connectivity index (χ2v) is 8.61. The Balaban J connectivity index is 2.06. The van der Waals surface area contributed by atoms with E-state index in [1.54, 1.807) is 30.5 Å². The van der Waals surface area contributed by atoms with E-state index in [1.165, 1.54) is 23.6 Å². The fraction of sp³-hybridized carbons (Fsp3) is 0.435. The van der Waals surface area contributed by atoms with Crippen molar-refractivity contribution in [2.75, 3.05) is 12.9 Å². The topological polar surface area (TPSA) is 144 Å². The van der Waals surface area contributed by atoms with E-state index in [0.717, 1.165) is 13.8 Å². The van der Waals surface area contributed by atoms with Crippen LogP contribution in [0.2, 0.25) is 0 Å². The number of carbonyl (C=O) groups excluding carboxylic acids is 4. The smallest absolute Gasteiger partial charge is 0.303 e. The summed E-state index contributed by atoms with van der Waals surface area (Å²) in [6.45, 7) is 3.23. The maximum atomic E-state index is 13.6. The first kappa shape index (κ1) is 26.1. The predicted octanol–water partition coefficient (Wildman–Crippen LogP) is 1.15. The predicted molar refractivity (Wildman–Crippen MR) is 123 cm³/mol. The molecule has 0 spiro atoms. The highest BCUT2D eigenvalue weighted by Gasteiger charge is 2.53. The van der Waals surface area contributed by atoms with Crippen molar-refractivity contribution in [3.8, 4) is 6.07 Å². The molecule has 1 N–H and O–H groups in total. The number of benzene rings is 1. The molecule has 1 amide bonds. The summed E-state index contributed by atoms with van der Waals surface area (Å²) in [5.41, 5.74) is 0.0896. The van der Waals surface area contributed by atoms with Crippen molar-refractivity contribution in [2.24, 2.45) is 0 Å². The number of esters is 3. The van der Waals surface area contributed by atoms with E-state index in [2.05, 4.69) is 5.32 Å². The Morgan fingerprint density at radius 1 is 1.06 bits per heavy atom. The summed E-state index contributed by atoms with van der Waals surface area (Å²) in [6, 6.07) is 10.9. The summed E-state index contributed by atoms with van der Waals surface area (Å²) in [5.74, 6) is -2.77. The normalized spacial score (nSPS) is 26.3. The molecular formula is C23H25N3O8S. The van der Waals surface area contributed by atoms with Gasteiger partial charge in [0.05, 0.1) is 12.3 Å². The first-order chi connectivity index (χ1) is 16.7. The number of hydrogen-bond acceptors (Lipinski definition) is 11. The van der Waals surface area contributed by atoms with Gasteiger partial charge in [-0.2, -0.15) is 5.26 Å². The van der Waals surface area contributed by atoms with Gasteiger partial charge in [-0.3, -0.25) is 24.1 Å². The quantitative estimate of drug-likeness (QED) is 0.441. The summed E-state index contributed by atoms with van der Waals surface area (Å²) >= 11 is 1.25. The molecule has 186 valence electrons. The van der Waals surface area contributed by atoms with Crippen molar-refractivity contribution < 1.29 is 38.1 Å². The number of ether oxygens (including phenoxy) is 4. The van der Waals surface area contributed by atoms with Crippen molar-refractivity contribution >= 4 is 41.3 Å². The Morgan fingerprint density at radius 2 is 1.66 bits per heavy atom. The Hall–Kier alpha value is -3.56. The number of nitriles is 1. The highest BCUT2D eigenvalue weighted by Crippen LogP contribution is 2.34. The summed E-state index contributed by atoms with van der Waals surface area (Å²) in [5, 5.41) is 13.0. The molecular weight excluding hydrogens is 478 g/mol. The highest BCUT2D eigenvalue weighted by atomic mass is 32.2. The second kappa shape index (κ2) is 11.2. The first-order valence-corrected chi connectivity index (χ1v) is 11.9. The molecule has 2 aliphatic heterocycles. The van der Waals surface area contributed by atoms with Gasteiger partial charge in [0.2, 0.25) is 0 Å². The Labute approximate surface area is 206 Å². The van der Waals surface area contributed by atoms with E-state index >= 15 is 0 Å². The zero-order valence-corrected chi connectivity index (χ0v) is 20.4. The molecule has 2 aliphatic rings. The Kier molecular flexibility index (Phi) is 8.37. The molecule has 3 rings (SSSR count). The third kappa shape index (κ3) is 5.75. The molecule has 0 saturated carbocycles. The lowest BCUT2D eigenvalue weighted by Crippen LogP contribution is -2.67. The summed E-state index contributed by atoms with van der Waals surface area (Å²) in [6.07, 6.45) is -3.18. The van der Waals surface area contributed by atoms with Crippen LogP contribution in [0.1, 0.15) is 26.3 Å². The van der Waals surface area contributed by atoms with E-state index in [-0.39, 0.29) is 12.2 Å². The molecule has 35 heavy (non-hydrogen) atoms. The lowest BCUT2D eigenvalue weighted by atomic mass is 10.00. The molecule has 5 unspecified atom stereocenters. The fourth-order valence-corrected chi connectivity index (χ4v) is 4.61. The summed E-state index contributed by atoms with van der Waals surface area (Å²) < 4.78 is 21.9. The molecule has 1 aromatic rings. The van der Waals surface area contributed by atoms with E-state index in [1.807, 2.05) is 12.1 Å². The number of carbonyl (C=O) groups is 4. The van der Waals surface area contributed by atoms with Gasteiger partial charge in [-0.25, -0.2) is 0 Å². The SMILES string of the molecule is CSC1NC(c2ccccc2)=C(C#N)C(=O)N1C1OCC(OC(C)=O)C(OC(C)=O)C1OC(C)=O. The van der Waals surface area contributed by atoms with Gasteiger partial charge in [-0.1, -0.05) is 30.3 Å². The molecule has 0 aromatic heterocycles. The molecule has 1 aromatic carbocycles. The molecule has 1 saturated heterocycles. The lowest BCUT2D eigenvalue weighted by Gasteiger charge is -2.48. The molecule has 0 radical (unpaired) electrons. The lowest BCUT2D eigenvalue weighted by molar-refractivity contribution is -0.249. The van der Waals surface area contributed by atoms with Crippen LogP contribution in [0.15, 0.2) is 35.9 Å². The van der Waals surface area contributed by atoms with Gasteiger partial charge in [0.1, 0.15) is 11.6 Å². The maximum Gasteiger partial charge on any atom is 0.303 e. The molecule has 12 heteroatoms. The molecule has 5 atom stereocenters. The maximum absolute atomic E-state index is 13.6. The Morgan fingerprint density at radius 3 is 2.20 bits per heavy atom. The van der Waals surface area contributed by atoms with Crippen molar-refractivity contribution in [3.05, 3.63) is 41.5 Å². The van der Waals surface area contributed by atoms with E-state index in [0.29, 0.717) is 11.3 Å². The summed E-state index contributed by atoms with van der Waals surface area (Å²) in [7, 11) is 0. The zero-order valence-electron chi connectivity index (χ0n) is 19.5. The largest absolute Gasteiger partial charge is 0.456 e. The van der Waals surface area contributed by atoms with Gasteiger partial charge < -0.3 is 24.3 Å². The monoisotopic (exact) mass is 503 g/mol. The summed E-state index contributed by atoms with van der Waals surface area (Å²) in [4.78, 5) is 50.3. The second-order valence-electron chi connectivity index (χ2n) is 7.69. The zero-order chi connectivity index (χ0) is 25.7. The number of amides is 1. The molecule has 1 fully saturated rings. The average Bonchev–Trinajstić information content (AvgIpc) is 2.80. The van der Waals surface area contributed by atoms with Crippen LogP contribution >= 0.6 is 11.8 Å². The van der Waals surface area contributed by atoms with Crippen LogP contribution in [0.25, 0.3) is 5.70 Å². The van der Waals surface area contributed by atoms with Gasteiger partial charge in [-0.05, 0) is 11.8 Å². The van der Waals surface area contributed by atoms with Crippen molar-refractivity contribution in [1.29, 1.82) is 5.26 Å². The minimum absolute atomic E-state index is 0.169. The van der Waals surface area contributed by atoms with Gasteiger partial charge >= 0.3 is 17.9 Å². The van der Waals surface area contributed by atoms with Crippen LogP contribution in [0, 0.1) is 11.3 Å². The fourth-order valence-electron chi connectivity index (χ4n) is 3.93. The van der Waals surface area contributed by atoms with Crippen LogP contribution in [-0.4, -0.2) is 71.6 Å². The molecule has 0 bridgehead atoms. The molecule has 11 nitrogen and oxygen atoms in total. The van der Waals surface area contributed by atoms with Crippen molar-refractivity contribution in [3.63, 3.8) is 0 Å². The number of nitrogens with one attached hydrogen (secondary N) is 1. The van der Waals surface area contributed by atoms with Crippen LogP contribution in [0.4, 0.5) is 0 Å². The number of hydrogen-bond donors (Lipinski definition) is 1. The Bertz CT molecular complexity index is 1070. The van der Waals surface area contributed by atoms with Gasteiger partial charge in [-0.15, -0.1) is 11.8 Å². The third-order valence-corrected chi connectivity index (χ3v) is 6.01. The van der Waals surface area contributed by atoms with Crippen LogP contribution in [0.3, 0.4) is 0 Å². The van der Waals surface area contributed by atoms with Crippen LogP contribution < -0.4 is 5.32 Å². The standard InChI is InChI=1S/C23H25N3O8S/c1-12(27)32-17-11-31-22(20(34-14(3)29)19(17)33-13(2)28)26-21(30)16(10-24)18(25-23(26)35-4)15-8-6-5-7-9-15/h5-9,17,19-20,22-23,25H,11H2,1-4H3. The number of rotatable bonds is 6. The highest BCUT2D eigenvalue weighted by molar-refractivity contribution is 7.99. The van der Waals surface area contributed by atoms with Crippen molar-refractivity contribution in [2.45, 2.75) is 50.8 Å². The van der Waals surface area contributed by atoms with Crippen molar-refractivity contribution in [1.82, 2.24) is 10.2 Å². The molecule has 2 heterocycles. The average molecular weight is 504 g/mol. The van der Waals surface area contributed by atoms with Gasteiger partial charge in [0.25, 0.3) is 5.91 Å². The first-order valence-electron chi connectivity index (χ1n) is 10.6. The third-order valence-electron chi connectivity index (χ3n) is 5.21. The molecule has 0 aliphatic carbocycles. The van der Waals surface area contributed by atoms with E-state index in [4.69, 9.17) is 18.9 Å². The van der Waals surface area contributed by atoms with E-state index in [9.17, 15) is 24.4 Å². The van der Waals surface area contributed by atoms with Gasteiger partial charge in [0.15, 0.2) is 30.0 Å². The minimum atomic E-state index is -1.34. The number of nitrogens with zero attached hydrogens (tertiary/aromatic N) is 2. The van der Waals surface area contributed by atoms with Gasteiger partial charge in [0, 0.05) is 20.8 Å². The minimum Gasteiger partial charge on any atom is -0.456 e. The van der Waals surface area contributed by atoms with Crippen LogP contribution in [0.5, 0.6) is 0 Å². The van der Waals surface area contributed by atoms with Crippen LogP contribution in [-0.2, 0) is 38.1 Å².